The lowest BCUT2D eigenvalue weighted by Crippen LogP contribution is -2.17. The standard InChI is InChI=1S/C20H24N6/c1-26(2)18-5-3-4-15(12-18)10-11-22-14-16-6-7-17-8-9-20(24-25-21)23-19(17)13-16/h3-9,12-13,22H,10-11,14H2,1-2H3,(H2,21,23,24). The molecule has 3 aromatic rings. The minimum Gasteiger partial charge on any atom is -0.378 e. The molecule has 3 N–H and O–H groups in total. The normalized spacial score (nSPS) is 11.3. The quantitative estimate of drug-likeness (QED) is 0.296. The Morgan fingerprint density at radius 3 is 2.69 bits per heavy atom. The van der Waals surface area contributed by atoms with E-state index in [1.165, 1.54) is 16.8 Å². The van der Waals surface area contributed by atoms with Crippen molar-refractivity contribution in [2.45, 2.75) is 13.0 Å². The van der Waals surface area contributed by atoms with Crippen LogP contribution in [0.25, 0.3) is 10.9 Å². The van der Waals surface area contributed by atoms with E-state index in [4.69, 9.17) is 5.84 Å². The van der Waals surface area contributed by atoms with Crippen molar-refractivity contribution in [3.63, 3.8) is 0 Å². The Morgan fingerprint density at radius 2 is 1.88 bits per heavy atom. The van der Waals surface area contributed by atoms with E-state index in [0.29, 0.717) is 5.82 Å². The van der Waals surface area contributed by atoms with Crippen molar-refractivity contribution >= 4 is 22.4 Å². The molecule has 0 saturated carbocycles. The summed E-state index contributed by atoms with van der Waals surface area (Å²) in [5, 5.41) is 11.7. The van der Waals surface area contributed by atoms with E-state index >= 15 is 0 Å². The monoisotopic (exact) mass is 348 g/mol. The van der Waals surface area contributed by atoms with Crippen molar-refractivity contribution in [2.24, 2.45) is 16.2 Å². The summed E-state index contributed by atoms with van der Waals surface area (Å²) in [4.78, 5) is 6.58. The van der Waals surface area contributed by atoms with Crippen LogP contribution in [0.4, 0.5) is 11.5 Å². The third-order valence-electron chi connectivity index (χ3n) is 4.25. The van der Waals surface area contributed by atoms with E-state index in [2.05, 4.69) is 82.1 Å². The van der Waals surface area contributed by atoms with Gasteiger partial charge in [-0.1, -0.05) is 29.5 Å². The molecule has 0 bridgehead atoms. The minimum atomic E-state index is 0.519. The van der Waals surface area contributed by atoms with Crippen LogP contribution in [0.15, 0.2) is 64.9 Å². The summed E-state index contributed by atoms with van der Waals surface area (Å²) in [6.45, 7) is 1.72. The molecule has 3 rings (SSSR count). The van der Waals surface area contributed by atoms with Crippen LogP contribution in [-0.4, -0.2) is 25.6 Å². The molecule has 0 amide bonds. The van der Waals surface area contributed by atoms with Gasteiger partial charge >= 0.3 is 0 Å². The molecule has 0 unspecified atom stereocenters. The molecule has 0 aliphatic heterocycles. The Labute approximate surface area is 153 Å². The van der Waals surface area contributed by atoms with Gasteiger partial charge in [0.05, 0.1) is 5.52 Å². The fraction of sp³-hybridized carbons (Fsp3) is 0.250. The number of fused-ring (bicyclic) bond motifs is 1. The first-order valence-electron chi connectivity index (χ1n) is 8.63. The molecule has 6 heteroatoms. The predicted octanol–water partition coefficient (Wildman–Crippen LogP) is 3.59. The van der Waals surface area contributed by atoms with Gasteiger partial charge in [0.25, 0.3) is 0 Å². The number of anilines is 1. The Balaban J connectivity index is 1.58. The maximum Gasteiger partial charge on any atom is 0.176 e. The van der Waals surface area contributed by atoms with Gasteiger partial charge in [-0.2, -0.15) is 0 Å². The average molecular weight is 348 g/mol. The Morgan fingerprint density at radius 1 is 1.04 bits per heavy atom. The SMILES string of the molecule is CN(C)c1cccc(CCNCc2ccc3ccc(N=NN)nc3c2)c1. The van der Waals surface area contributed by atoms with Crippen LogP contribution >= 0.6 is 0 Å². The van der Waals surface area contributed by atoms with Crippen LogP contribution in [0.2, 0.25) is 0 Å². The summed E-state index contributed by atoms with van der Waals surface area (Å²) >= 11 is 0. The first-order chi connectivity index (χ1) is 12.7. The predicted molar refractivity (Wildman–Crippen MR) is 107 cm³/mol. The van der Waals surface area contributed by atoms with Crippen molar-refractivity contribution < 1.29 is 0 Å². The second kappa shape index (κ2) is 8.40. The van der Waals surface area contributed by atoms with Gasteiger partial charge in [0.1, 0.15) is 0 Å². The molecule has 0 saturated heterocycles. The summed E-state index contributed by atoms with van der Waals surface area (Å²) in [7, 11) is 4.12. The number of pyridine rings is 1. The fourth-order valence-corrected chi connectivity index (χ4v) is 2.83. The lowest BCUT2D eigenvalue weighted by atomic mass is 10.1. The molecular formula is C20H24N6. The van der Waals surface area contributed by atoms with Crippen LogP contribution in [0, 0.1) is 0 Å². The zero-order valence-electron chi connectivity index (χ0n) is 15.2. The van der Waals surface area contributed by atoms with Crippen molar-refractivity contribution in [1.82, 2.24) is 10.3 Å². The van der Waals surface area contributed by atoms with E-state index < -0.39 is 0 Å². The molecule has 2 aromatic carbocycles. The highest BCUT2D eigenvalue weighted by Crippen LogP contribution is 2.19. The van der Waals surface area contributed by atoms with Gasteiger partial charge in [-0.05, 0) is 54.4 Å². The molecule has 0 fully saturated rings. The van der Waals surface area contributed by atoms with E-state index in [0.717, 1.165) is 30.4 Å². The highest BCUT2D eigenvalue weighted by atomic mass is 15.3. The first kappa shape index (κ1) is 17.8. The van der Waals surface area contributed by atoms with Gasteiger partial charge in [0.15, 0.2) is 5.82 Å². The largest absolute Gasteiger partial charge is 0.378 e. The molecule has 0 aliphatic rings. The van der Waals surface area contributed by atoms with Crippen LogP contribution in [0.1, 0.15) is 11.1 Å². The number of nitrogens with zero attached hydrogens (tertiary/aromatic N) is 4. The number of benzene rings is 2. The summed E-state index contributed by atoms with van der Waals surface area (Å²) in [6, 6.07) is 18.7. The molecule has 134 valence electrons. The maximum absolute atomic E-state index is 5.09. The summed E-state index contributed by atoms with van der Waals surface area (Å²) in [5.74, 6) is 5.61. The number of rotatable bonds is 7. The van der Waals surface area contributed by atoms with Crippen LogP contribution < -0.4 is 16.1 Å². The second-order valence-corrected chi connectivity index (χ2v) is 6.40. The van der Waals surface area contributed by atoms with Crippen LogP contribution in [-0.2, 0) is 13.0 Å². The summed E-state index contributed by atoms with van der Waals surface area (Å²) < 4.78 is 0. The van der Waals surface area contributed by atoms with Gasteiger partial charge in [-0.15, -0.1) is 5.11 Å². The summed E-state index contributed by atoms with van der Waals surface area (Å²) in [6.07, 6.45) is 0.995. The molecule has 26 heavy (non-hydrogen) atoms. The minimum absolute atomic E-state index is 0.519. The molecule has 6 nitrogen and oxygen atoms in total. The molecule has 0 aliphatic carbocycles. The lowest BCUT2D eigenvalue weighted by Gasteiger charge is -2.13. The van der Waals surface area contributed by atoms with Gasteiger partial charge in [-0.25, -0.2) is 4.98 Å². The van der Waals surface area contributed by atoms with E-state index in [-0.39, 0.29) is 0 Å². The van der Waals surface area contributed by atoms with Crippen molar-refractivity contribution in [2.75, 3.05) is 25.5 Å². The lowest BCUT2D eigenvalue weighted by molar-refractivity contribution is 0.687. The number of nitrogens with one attached hydrogen (secondary N) is 1. The van der Waals surface area contributed by atoms with Crippen molar-refractivity contribution in [3.05, 3.63) is 65.7 Å². The number of nitrogens with two attached hydrogens (primary N) is 1. The Hall–Kier alpha value is -2.99. The van der Waals surface area contributed by atoms with Crippen molar-refractivity contribution in [1.29, 1.82) is 0 Å². The molecule has 1 aromatic heterocycles. The Kier molecular flexibility index (Phi) is 5.76. The molecule has 1 heterocycles. The fourth-order valence-electron chi connectivity index (χ4n) is 2.83. The van der Waals surface area contributed by atoms with Gasteiger partial charge in [-0.3, -0.25) is 0 Å². The smallest absolute Gasteiger partial charge is 0.176 e. The van der Waals surface area contributed by atoms with Crippen LogP contribution in [0.5, 0.6) is 0 Å². The van der Waals surface area contributed by atoms with E-state index in [9.17, 15) is 0 Å². The number of hydrogen-bond donors (Lipinski definition) is 2. The average Bonchev–Trinajstić information content (AvgIpc) is 2.65. The van der Waals surface area contributed by atoms with Crippen LogP contribution in [0.3, 0.4) is 0 Å². The maximum atomic E-state index is 5.09. The molecule has 0 spiro atoms. The van der Waals surface area contributed by atoms with Gasteiger partial charge in [0, 0.05) is 31.7 Å². The number of hydrogen-bond acceptors (Lipinski definition) is 5. The zero-order chi connectivity index (χ0) is 18.4. The Bertz CT molecular complexity index is 904. The highest BCUT2D eigenvalue weighted by Gasteiger charge is 2.01. The van der Waals surface area contributed by atoms with E-state index in [1.807, 2.05) is 6.07 Å². The zero-order valence-corrected chi connectivity index (χ0v) is 15.2. The highest BCUT2D eigenvalue weighted by molar-refractivity contribution is 5.80. The van der Waals surface area contributed by atoms with Crippen molar-refractivity contribution in [3.8, 4) is 0 Å². The second-order valence-electron chi connectivity index (χ2n) is 6.40. The first-order valence-corrected chi connectivity index (χ1v) is 8.63. The third-order valence-corrected chi connectivity index (χ3v) is 4.25. The molecule has 0 atom stereocenters. The topological polar surface area (TPSA) is 78.9 Å². The third kappa shape index (κ3) is 4.55. The van der Waals surface area contributed by atoms with Gasteiger partial charge < -0.3 is 16.1 Å². The summed E-state index contributed by atoms with van der Waals surface area (Å²) in [5.41, 5.74) is 4.65. The molecule has 0 radical (unpaired) electrons. The van der Waals surface area contributed by atoms with Gasteiger partial charge in [0.2, 0.25) is 0 Å². The number of aromatic nitrogens is 1. The molecular weight excluding hydrogens is 324 g/mol. The van der Waals surface area contributed by atoms with E-state index in [1.54, 1.807) is 6.07 Å².